The summed E-state index contributed by atoms with van der Waals surface area (Å²) in [6.45, 7) is 2.71. The monoisotopic (exact) mass is 274 g/mol. The van der Waals surface area contributed by atoms with Gasteiger partial charge in [-0.3, -0.25) is 0 Å². The molecular formula is C15H18N2OS. The van der Waals surface area contributed by atoms with Gasteiger partial charge in [-0.2, -0.15) is 0 Å². The fraction of sp³-hybridized carbons (Fsp3) is 0.400. The quantitative estimate of drug-likeness (QED) is 0.908. The van der Waals surface area contributed by atoms with Gasteiger partial charge in [0, 0.05) is 17.1 Å². The van der Waals surface area contributed by atoms with Gasteiger partial charge in [-0.25, -0.2) is 4.98 Å². The van der Waals surface area contributed by atoms with Crippen molar-refractivity contribution < 1.29 is 5.11 Å². The minimum absolute atomic E-state index is 0.440. The summed E-state index contributed by atoms with van der Waals surface area (Å²) in [7, 11) is 0. The number of aromatic nitrogens is 1. The molecule has 1 fully saturated rings. The minimum Gasteiger partial charge on any atom is -0.389 e. The van der Waals surface area contributed by atoms with Gasteiger partial charge in [0.25, 0.3) is 0 Å². The summed E-state index contributed by atoms with van der Waals surface area (Å²) in [5.74, 6) is 0.981. The van der Waals surface area contributed by atoms with Gasteiger partial charge in [-0.15, -0.1) is 11.3 Å². The van der Waals surface area contributed by atoms with Crippen molar-refractivity contribution in [2.75, 3.05) is 4.90 Å². The first-order valence-electron chi connectivity index (χ1n) is 6.67. The molecule has 19 heavy (non-hydrogen) atoms. The zero-order chi connectivity index (χ0) is 13.2. The Morgan fingerprint density at radius 3 is 2.95 bits per heavy atom. The van der Waals surface area contributed by atoms with Crippen molar-refractivity contribution in [3.63, 3.8) is 0 Å². The maximum Gasteiger partial charge on any atom is 0.129 e. The first-order chi connectivity index (χ1) is 9.24. The molecular weight excluding hydrogens is 256 g/mol. The lowest BCUT2D eigenvalue weighted by molar-refractivity contribution is 0.199. The van der Waals surface area contributed by atoms with Crippen molar-refractivity contribution in [1.82, 2.24) is 4.98 Å². The maximum absolute atomic E-state index is 9.70. The Hall–Kier alpha value is -1.39. The summed E-state index contributed by atoms with van der Waals surface area (Å²) >= 11 is 1.78. The van der Waals surface area contributed by atoms with Gasteiger partial charge in [-0.05, 0) is 48.9 Å². The van der Waals surface area contributed by atoms with Crippen molar-refractivity contribution in [2.45, 2.75) is 38.5 Å². The van der Waals surface area contributed by atoms with Gasteiger partial charge >= 0.3 is 0 Å². The van der Waals surface area contributed by atoms with Gasteiger partial charge in [0.2, 0.25) is 0 Å². The van der Waals surface area contributed by atoms with Crippen LogP contribution >= 0.6 is 11.3 Å². The van der Waals surface area contributed by atoms with Gasteiger partial charge in [0.1, 0.15) is 5.82 Å². The van der Waals surface area contributed by atoms with Crippen molar-refractivity contribution in [2.24, 2.45) is 0 Å². The molecule has 0 spiro atoms. The van der Waals surface area contributed by atoms with Crippen LogP contribution in [0.2, 0.25) is 0 Å². The summed E-state index contributed by atoms with van der Waals surface area (Å²) in [5.41, 5.74) is 0.932. The Morgan fingerprint density at radius 2 is 2.32 bits per heavy atom. The molecule has 0 aromatic carbocycles. The lowest BCUT2D eigenvalue weighted by Crippen LogP contribution is -2.25. The molecule has 2 heterocycles. The molecule has 3 rings (SSSR count). The molecule has 0 bridgehead atoms. The van der Waals surface area contributed by atoms with Crippen molar-refractivity contribution >= 4 is 17.2 Å². The Kier molecular flexibility index (Phi) is 3.53. The smallest absolute Gasteiger partial charge is 0.129 e. The van der Waals surface area contributed by atoms with Crippen LogP contribution < -0.4 is 4.90 Å². The number of nitrogens with zero attached hydrogens (tertiary/aromatic N) is 2. The number of aliphatic hydroxyl groups is 1. The van der Waals surface area contributed by atoms with Crippen molar-refractivity contribution in [3.8, 4) is 0 Å². The van der Waals surface area contributed by atoms with E-state index in [1.165, 1.54) is 17.7 Å². The van der Waals surface area contributed by atoms with Crippen LogP contribution in [-0.2, 0) is 6.54 Å². The van der Waals surface area contributed by atoms with E-state index in [4.69, 9.17) is 0 Å². The van der Waals surface area contributed by atoms with Crippen molar-refractivity contribution in [3.05, 3.63) is 46.3 Å². The number of thiophene rings is 1. The Balaban J connectivity index is 1.85. The van der Waals surface area contributed by atoms with Crippen LogP contribution in [0.3, 0.4) is 0 Å². The van der Waals surface area contributed by atoms with E-state index in [1.807, 2.05) is 12.1 Å². The summed E-state index contributed by atoms with van der Waals surface area (Å²) < 4.78 is 0. The summed E-state index contributed by atoms with van der Waals surface area (Å²) in [4.78, 5) is 8.20. The molecule has 1 atom stereocenters. The Labute approximate surface area is 117 Å². The van der Waals surface area contributed by atoms with Crippen LogP contribution in [0.5, 0.6) is 0 Å². The standard InChI is InChI=1S/C15H18N2OS/c1-11(18)12-6-7-16-15(9-12)17(13-4-5-13)10-14-3-2-8-19-14/h2-3,6-9,11,13,18H,4-5,10H2,1H3/t11-/m1/s1. The van der Waals surface area contributed by atoms with E-state index < -0.39 is 6.10 Å². The average molecular weight is 274 g/mol. The Bertz CT molecular complexity index is 535. The van der Waals surface area contributed by atoms with E-state index in [0.29, 0.717) is 6.04 Å². The minimum atomic E-state index is -0.440. The predicted octanol–water partition coefficient (Wildman–Crippen LogP) is 3.37. The van der Waals surface area contributed by atoms with Gasteiger partial charge < -0.3 is 10.0 Å². The molecule has 1 saturated carbocycles. The van der Waals surface area contributed by atoms with Crippen LogP contribution in [-0.4, -0.2) is 16.1 Å². The average Bonchev–Trinajstić information content (AvgIpc) is 3.13. The van der Waals surface area contributed by atoms with Gasteiger partial charge in [0.05, 0.1) is 12.6 Å². The normalized spacial score (nSPS) is 16.3. The molecule has 0 unspecified atom stereocenters. The van der Waals surface area contributed by atoms with Crippen LogP contribution in [0.1, 0.15) is 36.3 Å². The molecule has 2 aromatic rings. The molecule has 3 nitrogen and oxygen atoms in total. The number of pyridine rings is 1. The highest BCUT2D eigenvalue weighted by Crippen LogP contribution is 2.33. The number of rotatable bonds is 5. The van der Waals surface area contributed by atoms with E-state index in [1.54, 1.807) is 24.5 Å². The van der Waals surface area contributed by atoms with Gasteiger partial charge in [-0.1, -0.05) is 6.07 Å². The van der Waals surface area contributed by atoms with E-state index in [9.17, 15) is 5.11 Å². The van der Waals surface area contributed by atoms with Crippen molar-refractivity contribution in [1.29, 1.82) is 0 Å². The van der Waals surface area contributed by atoms with Crippen LogP contribution in [0, 0.1) is 0 Å². The zero-order valence-electron chi connectivity index (χ0n) is 11.0. The first-order valence-corrected chi connectivity index (χ1v) is 7.55. The second-order valence-corrected chi connectivity index (χ2v) is 6.09. The molecule has 1 aliphatic rings. The topological polar surface area (TPSA) is 36.4 Å². The summed E-state index contributed by atoms with van der Waals surface area (Å²) in [5, 5.41) is 11.8. The third-order valence-corrected chi connectivity index (χ3v) is 4.30. The molecule has 100 valence electrons. The third-order valence-electron chi connectivity index (χ3n) is 3.44. The zero-order valence-corrected chi connectivity index (χ0v) is 11.8. The van der Waals surface area contributed by atoms with Crippen LogP contribution in [0.15, 0.2) is 35.8 Å². The fourth-order valence-corrected chi connectivity index (χ4v) is 2.91. The second-order valence-electron chi connectivity index (χ2n) is 5.06. The number of hydrogen-bond donors (Lipinski definition) is 1. The van der Waals surface area contributed by atoms with E-state index in [0.717, 1.165) is 17.9 Å². The number of anilines is 1. The highest BCUT2D eigenvalue weighted by atomic mass is 32.1. The molecule has 0 amide bonds. The molecule has 0 aliphatic heterocycles. The first kappa shape index (κ1) is 12.6. The molecule has 0 radical (unpaired) electrons. The third kappa shape index (κ3) is 2.96. The van der Waals surface area contributed by atoms with Gasteiger partial charge in [0.15, 0.2) is 0 Å². The second kappa shape index (κ2) is 5.31. The highest BCUT2D eigenvalue weighted by molar-refractivity contribution is 7.09. The molecule has 2 aromatic heterocycles. The SMILES string of the molecule is C[C@@H](O)c1ccnc(N(Cc2cccs2)C2CC2)c1. The highest BCUT2D eigenvalue weighted by Gasteiger charge is 2.30. The van der Waals surface area contributed by atoms with E-state index in [2.05, 4.69) is 27.4 Å². The Morgan fingerprint density at radius 1 is 1.47 bits per heavy atom. The number of aliphatic hydroxyl groups excluding tert-OH is 1. The molecule has 1 N–H and O–H groups in total. The predicted molar refractivity (Wildman–Crippen MR) is 78.4 cm³/mol. The molecule has 4 heteroatoms. The summed E-state index contributed by atoms with van der Waals surface area (Å²) in [6.07, 6.45) is 3.84. The largest absolute Gasteiger partial charge is 0.389 e. The summed E-state index contributed by atoms with van der Waals surface area (Å²) in [6, 6.07) is 8.75. The molecule has 1 aliphatic carbocycles. The lowest BCUT2D eigenvalue weighted by atomic mass is 10.1. The van der Waals surface area contributed by atoms with Crippen LogP contribution in [0.4, 0.5) is 5.82 Å². The van der Waals surface area contributed by atoms with E-state index in [-0.39, 0.29) is 0 Å². The number of hydrogen-bond acceptors (Lipinski definition) is 4. The van der Waals surface area contributed by atoms with E-state index >= 15 is 0 Å². The fourth-order valence-electron chi connectivity index (χ4n) is 2.20. The molecule has 0 saturated heterocycles. The lowest BCUT2D eigenvalue weighted by Gasteiger charge is -2.23. The van der Waals surface area contributed by atoms with Crippen LogP contribution in [0.25, 0.3) is 0 Å². The maximum atomic E-state index is 9.70.